The second kappa shape index (κ2) is 5.48. The maximum Gasteiger partial charge on any atom is 0.0572 e. The summed E-state index contributed by atoms with van der Waals surface area (Å²) in [6.45, 7) is 8.23. The summed E-state index contributed by atoms with van der Waals surface area (Å²) in [5.74, 6) is 1.11. The molecule has 0 aromatic carbocycles. The van der Waals surface area contributed by atoms with Crippen LogP contribution in [0, 0.1) is 5.92 Å². The van der Waals surface area contributed by atoms with Gasteiger partial charge in [-0.1, -0.05) is 27.7 Å². The van der Waals surface area contributed by atoms with Gasteiger partial charge in [0.25, 0.3) is 0 Å². The van der Waals surface area contributed by atoms with Crippen molar-refractivity contribution < 1.29 is 32.4 Å². The van der Waals surface area contributed by atoms with Crippen molar-refractivity contribution in [3.63, 3.8) is 0 Å². The predicted octanol–water partition coefficient (Wildman–Crippen LogP) is 3.19. The van der Waals surface area contributed by atoms with Crippen LogP contribution in [0.15, 0.2) is 6.07 Å². The number of aromatic nitrogens is 2. The second-order valence-corrected chi connectivity index (χ2v) is 6.25. The molecule has 0 saturated heterocycles. The number of nitrogens with zero attached hydrogens (tertiary/aromatic N) is 2. The summed E-state index contributed by atoms with van der Waals surface area (Å²) in [6.07, 6.45) is 1.54. The SMILES string of the molecule is C[C@@H]1C[C@H](c2cc([NH-])n(C(C)(C)C)n2)C[C@@H]1O.[Cd]. The van der Waals surface area contributed by atoms with Gasteiger partial charge in [-0.15, -0.1) is 0 Å². The van der Waals surface area contributed by atoms with Gasteiger partial charge in [0.1, 0.15) is 0 Å². The molecule has 1 aliphatic rings. The van der Waals surface area contributed by atoms with E-state index in [4.69, 9.17) is 5.73 Å². The summed E-state index contributed by atoms with van der Waals surface area (Å²) in [5, 5.41) is 14.3. The Morgan fingerprint density at radius 2 is 2.00 bits per heavy atom. The summed E-state index contributed by atoms with van der Waals surface area (Å²) >= 11 is 0. The molecule has 1 fully saturated rings. The van der Waals surface area contributed by atoms with Gasteiger partial charge in [-0.25, -0.2) is 0 Å². The predicted molar refractivity (Wildman–Crippen MR) is 68.4 cm³/mol. The molecule has 18 heavy (non-hydrogen) atoms. The van der Waals surface area contributed by atoms with E-state index in [-0.39, 0.29) is 38.9 Å². The first-order valence-corrected chi connectivity index (χ1v) is 6.29. The average molecular weight is 349 g/mol. The van der Waals surface area contributed by atoms with E-state index in [1.54, 1.807) is 4.68 Å². The van der Waals surface area contributed by atoms with E-state index in [1.807, 2.05) is 26.8 Å². The maximum absolute atomic E-state index is 9.78. The molecule has 0 spiro atoms. The molecular weight excluding hydrogens is 327 g/mol. The maximum atomic E-state index is 9.78. The molecule has 0 aliphatic heterocycles. The molecule has 1 aromatic heterocycles. The third-order valence-corrected chi connectivity index (χ3v) is 3.62. The summed E-state index contributed by atoms with van der Waals surface area (Å²) in [5.41, 5.74) is 8.76. The van der Waals surface area contributed by atoms with Crippen molar-refractivity contribution in [1.29, 1.82) is 0 Å². The fraction of sp³-hybridized carbons (Fsp3) is 0.769. The van der Waals surface area contributed by atoms with Gasteiger partial charge in [-0.05, 0) is 36.2 Å². The molecule has 2 rings (SSSR count). The van der Waals surface area contributed by atoms with Crippen LogP contribution >= 0.6 is 0 Å². The molecular formula is C13H22CdN3O-. The Bertz CT molecular complexity index is 401. The first kappa shape index (κ1) is 15.9. The number of hydrogen-bond donors (Lipinski definition) is 1. The van der Waals surface area contributed by atoms with Crippen LogP contribution in [0.4, 0.5) is 5.82 Å². The molecule has 1 aromatic rings. The summed E-state index contributed by atoms with van der Waals surface area (Å²) in [7, 11) is 0. The van der Waals surface area contributed by atoms with Crippen molar-refractivity contribution in [2.75, 3.05) is 0 Å². The molecule has 98 valence electrons. The van der Waals surface area contributed by atoms with Gasteiger partial charge in [0.2, 0.25) is 0 Å². The third kappa shape index (κ3) is 3.07. The molecule has 0 bridgehead atoms. The van der Waals surface area contributed by atoms with Gasteiger partial charge in [0, 0.05) is 38.9 Å². The molecule has 3 atom stereocenters. The standard InChI is InChI=1S/C13H22N3O.Cd/c1-8-5-9(6-11(8)17)10-7-12(14)16(15-10)13(2,3)4;/h7-9,11,14,17H,5-6H2,1-4H3;/q-1;/t8-,9+,11+;/m1./s1. The van der Waals surface area contributed by atoms with Crippen molar-refractivity contribution in [2.24, 2.45) is 5.92 Å². The summed E-state index contributed by atoms with van der Waals surface area (Å²) in [6, 6.07) is 1.85. The van der Waals surface area contributed by atoms with Crippen LogP contribution in [0.3, 0.4) is 0 Å². The van der Waals surface area contributed by atoms with Crippen LogP contribution in [0.5, 0.6) is 0 Å². The Morgan fingerprint density at radius 3 is 2.39 bits per heavy atom. The number of aliphatic hydroxyl groups is 1. The summed E-state index contributed by atoms with van der Waals surface area (Å²) in [4.78, 5) is 0. The van der Waals surface area contributed by atoms with Crippen molar-refractivity contribution in [2.45, 2.75) is 58.1 Å². The van der Waals surface area contributed by atoms with Gasteiger partial charge in [-0.3, -0.25) is 5.10 Å². The van der Waals surface area contributed by atoms with Gasteiger partial charge in [-0.2, -0.15) is 0 Å². The van der Waals surface area contributed by atoms with Crippen molar-refractivity contribution in [1.82, 2.24) is 9.78 Å². The number of aliphatic hydroxyl groups excluding tert-OH is 1. The van der Waals surface area contributed by atoms with Crippen molar-refractivity contribution >= 4 is 5.82 Å². The minimum absolute atomic E-state index is 0. The zero-order valence-corrected chi connectivity index (χ0v) is 15.8. The largest absolute Gasteiger partial charge is 0.481 e. The number of nitrogens with one attached hydrogen (secondary N) is 1. The van der Waals surface area contributed by atoms with E-state index in [1.165, 1.54) is 0 Å². The van der Waals surface area contributed by atoms with Crippen LogP contribution in [-0.4, -0.2) is 21.0 Å². The summed E-state index contributed by atoms with van der Waals surface area (Å²) < 4.78 is 1.76. The van der Waals surface area contributed by atoms with Gasteiger partial charge in [0.15, 0.2) is 0 Å². The van der Waals surface area contributed by atoms with E-state index < -0.39 is 0 Å². The average Bonchev–Trinajstić information content (AvgIpc) is 2.70. The molecule has 5 heteroatoms. The molecule has 1 saturated carbocycles. The molecule has 0 radical (unpaired) electrons. The Balaban J connectivity index is 0.00000162. The second-order valence-electron chi connectivity index (χ2n) is 6.25. The van der Waals surface area contributed by atoms with E-state index in [9.17, 15) is 5.11 Å². The Labute approximate surface area is 129 Å². The third-order valence-electron chi connectivity index (χ3n) is 3.62. The number of rotatable bonds is 1. The van der Waals surface area contributed by atoms with E-state index in [0.29, 0.717) is 17.7 Å². The number of hydrogen-bond acceptors (Lipinski definition) is 2. The normalized spacial score (nSPS) is 28.2. The zero-order valence-electron chi connectivity index (χ0n) is 11.8. The van der Waals surface area contributed by atoms with Gasteiger partial charge >= 0.3 is 0 Å². The van der Waals surface area contributed by atoms with Crippen LogP contribution in [0.25, 0.3) is 5.73 Å². The van der Waals surface area contributed by atoms with Gasteiger partial charge in [0.05, 0.1) is 6.10 Å². The molecule has 1 aliphatic carbocycles. The van der Waals surface area contributed by atoms with Crippen molar-refractivity contribution in [3.05, 3.63) is 17.5 Å². The molecule has 0 amide bonds. The van der Waals surface area contributed by atoms with Crippen LogP contribution < -0.4 is 0 Å². The monoisotopic (exact) mass is 350 g/mol. The molecule has 1 heterocycles. The van der Waals surface area contributed by atoms with E-state index in [2.05, 4.69) is 12.0 Å². The van der Waals surface area contributed by atoms with Gasteiger partial charge < -0.3 is 15.5 Å². The zero-order chi connectivity index (χ0) is 12.8. The fourth-order valence-electron chi connectivity index (χ4n) is 2.58. The minimum Gasteiger partial charge on any atom is -0.481 e. The Morgan fingerprint density at radius 1 is 1.39 bits per heavy atom. The topological polar surface area (TPSA) is 61.9 Å². The van der Waals surface area contributed by atoms with Crippen LogP contribution in [0.1, 0.15) is 52.1 Å². The van der Waals surface area contributed by atoms with E-state index in [0.717, 1.165) is 18.5 Å². The molecule has 2 N–H and O–H groups in total. The first-order valence-electron chi connectivity index (χ1n) is 6.29. The quantitative estimate of drug-likeness (QED) is 0.792. The fourth-order valence-corrected chi connectivity index (χ4v) is 2.58. The van der Waals surface area contributed by atoms with E-state index >= 15 is 0 Å². The molecule has 0 unspecified atom stereocenters. The van der Waals surface area contributed by atoms with Crippen LogP contribution in [-0.2, 0) is 32.8 Å². The smallest absolute Gasteiger partial charge is 0.0572 e. The minimum atomic E-state index is -0.214. The Kier molecular flexibility index (Phi) is 4.86. The van der Waals surface area contributed by atoms with Crippen LogP contribution in [0.2, 0.25) is 0 Å². The Hall–Kier alpha value is -0.108. The van der Waals surface area contributed by atoms with Crippen molar-refractivity contribution in [3.8, 4) is 0 Å². The first-order chi connectivity index (χ1) is 7.79. The molecule has 4 nitrogen and oxygen atoms in total.